The lowest BCUT2D eigenvalue weighted by atomic mass is 10.1. The first-order chi connectivity index (χ1) is 12.5. The smallest absolute Gasteiger partial charge is 0.407 e. The van der Waals surface area contributed by atoms with E-state index < -0.39 is 6.09 Å². The van der Waals surface area contributed by atoms with Crippen LogP contribution in [0.15, 0.2) is 42.6 Å². The molecule has 1 saturated heterocycles. The van der Waals surface area contributed by atoms with Crippen LogP contribution in [-0.4, -0.2) is 52.2 Å². The Labute approximate surface area is 162 Å². The van der Waals surface area contributed by atoms with Crippen LogP contribution in [0.25, 0.3) is 0 Å². The van der Waals surface area contributed by atoms with Crippen molar-refractivity contribution < 1.29 is 9.90 Å². The Morgan fingerprint density at radius 2 is 1.92 bits per heavy atom. The summed E-state index contributed by atoms with van der Waals surface area (Å²) in [6, 6.07) is 10.8. The highest BCUT2D eigenvalue weighted by atomic mass is 35.5. The van der Waals surface area contributed by atoms with Gasteiger partial charge in [-0.2, -0.15) is 0 Å². The molecule has 2 heterocycles. The number of amides is 1. The van der Waals surface area contributed by atoms with Crippen LogP contribution in [0.3, 0.4) is 0 Å². The van der Waals surface area contributed by atoms with E-state index in [1.54, 1.807) is 18.3 Å². The quantitative estimate of drug-likeness (QED) is 0.627. The lowest BCUT2D eigenvalue weighted by Gasteiger charge is -2.36. The largest absolute Gasteiger partial charge is 0.465 e. The van der Waals surface area contributed by atoms with Gasteiger partial charge in [0.1, 0.15) is 11.2 Å². The maximum absolute atomic E-state index is 11.1. The minimum absolute atomic E-state index is 0.272. The highest BCUT2D eigenvalue weighted by Gasteiger charge is 2.27. The second-order valence-electron chi connectivity index (χ2n) is 5.87. The zero-order valence-electron chi connectivity index (χ0n) is 13.9. The molecule has 1 atom stereocenters. The van der Waals surface area contributed by atoms with Crippen LogP contribution >= 0.6 is 23.2 Å². The van der Waals surface area contributed by atoms with Gasteiger partial charge in [-0.1, -0.05) is 47.2 Å². The number of halogens is 2. The summed E-state index contributed by atoms with van der Waals surface area (Å²) in [5, 5.41) is 10.2. The third-order valence-corrected chi connectivity index (χ3v) is 4.76. The summed E-state index contributed by atoms with van der Waals surface area (Å²) in [5.41, 5.74) is 1.62. The van der Waals surface area contributed by atoms with Gasteiger partial charge in [-0.25, -0.2) is 9.78 Å². The SMILES string of the molecule is O=C(O)N1CCN(C(C#Cc2cccc(Cl)c2)c2cccnc2Cl)CC1. The molecule has 1 aliphatic rings. The Morgan fingerprint density at radius 3 is 2.58 bits per heavy atom. The number of aromatic nitrogens is 1. The molecule has 2 aromatic rings. The molecule has 1 amide bonds. The van der Waals surface area contributed by atoms with E-state index in [0.29, 0.717) is 36.4 Å². The molecule has 1 aliphatic heterocycles. The molecule has 0 bridgehead atoms. The molecule has 0 aliphatic carbocycles. The summed E-state index contributed by atoms with van der Waals surface area (Å²) in [5.74, 6) is 6.41. The third-order valence-electron chi connectivity index (χ3n) is 4.21. The number of piperazine rings is 1. The molecular weight excluding hydrogens is 373 g/mol. The number of hydrogen-bond donors (Lipinski definition) is 1. The van der Waals surface area contributed by atoms with Gasteiger partial charge in [-0.15, -0.1) is 0 Å². The minimum Gasteiger partial charge on any atom is -0.465 e. The summed E-state index contributed by atoms with van der Waals surface area (Å²) in [6.07, 6.45) is 0.737. The van der Waals surface area contributed by atoms with Crippen molar-refractivity contribution in [2.24, 2.45) is 0 Å². The van der Waals surface area contributed by atoms with Crippen molar-refractivity contribution in [2.75, 3.05) is 26.2 Å². The zero-order valence-corrected chi connectivity index (χ0v) is 15.4. The Bertz CT molecular complexity index is 855. The average molecular weight is 390 g/mol. The number of rotatable bonds is 2. The van der Waals surface area contributed by atoms with Gasteiger partial charge < -0.3 is 10.0 Å². The number of pyridine rings is 1. The second kappa shape index (κ2) is 8.41. The number of carboxylic acid groups (broad SMARTS) is 1. The molecule has 5 nitrogen and oxygen atoms in total. The van der Waals surface area contributed by atoms with Crippen molar-refractivity contribution in [3.8, 4) is 11.8 Å². The van der Waals surface area contributed by atoms with Crippen molar-refractivity contribution in [1.29, 1.82) is 0 Å². The molecule has 1 unspecified atom stereocenters. The Kier molecular flexibility index (Phi) is 6.00. The van der Waals surface area contributed by atoms with Gasteiger partial charge in [0.25, 0.3) is 0 Å². The van der Waals surface area contributed by atoms with Crippen molar-refractivity contribution >= 4 is 29.3 Å². The molecular formula is C19H17Cl2N3O2. The van der Waals surface area contributed by atoms with Crippen molar-refractivity contribution in [1.82, 2.24) is 14.8 Å². The predicted octanol–water partition coefficient (Wildman–Crippen LogP) is 3.78. The first kappa shape index (κ1) is 18.5. The third kappa shape index (κ3) is 4.47. The summed E-state index contributed by atoms with van der Waals surface area (Å²) in [6.45, 7) is 2.02. The maximum Gasteiger partial charge on any atom is 0.407 e. The maximum atomic E-state index is 11.1. The van der Waals surface area contributed by atoms with Gasteiger partial charge in [0.15, 0.2) is 0 Å². The van der Waals surface area contributed by atoms with Gasteiger partial charge in [0, 0.05) is 48.5 Å². The van der Waals surface area contributed by atoms with E-state index in [1.165, 1.54) is 4.90 Å². The summed E-state index contributed by atoms with van der Waals surface area (Å²) in [4.78, 5) is 18.8. The molecule has 26 heavy (non-hydrogen) atoms. The van der Waals surface area contributed by atoms with E-state index in [9.17, 15) is 4.79 Å². The van der Waals surface area contributed by atoms with Crippen LogP contribution in [0, 0.1) is 11.8 Å². The van der Waals surface area contributed by atoms with E-state index in [0.717, 1.165) is 11.1 Å². The highest BCUT2D eigenvalue weighted by Crippen LogP contribution is 2.26. The van der Waals surface area contributed by atoms with Crippen LogP contribution in [0.2, 0.25) is 10.2 Å². The Morgan fingerprint density at radius 1 is 1.15 bits per heavy atom. The molecule has 1 aromatic carbocycles. The molecule has 7 heteroatoms. The number of benzene rings is 1. The molecule has 134 valence electrons. The van der Waals surface area contributed by atoms with Gasteiger partial charge in [0.2, 0.25) is 0 Å². The van der Waals surface area contributed by atoms with Crippen LogP contribution in [0.4, 0.5) is 4.79 Å². The zero-order chi connectivity index (χ0) is 18.5. The second-order valence-corrected chi connectivity index (χ2v) is 6.67. The summed E-state index contributed by atoms with van der Waals surface area (Å²) < 4.78 is 0. The lowest BCUT2D eigenvalue weighted by Crippen LogP contribution is -2.49. The van der Waals surface area contributed by atoms with Crippen molar-refractivity contribution in [3.05, 3.63) is 63.9 Å². The summed E-state index contributed by atoms with van der Waals surface area (Å²) in [7, 11) is 0. The van der Waals surface area contributed by atoms with Gasteiger partial charge in [-0.3, -0.25) is 4.90 Å². The Balaban J connectivity index is 1.89. The van der Waals surface area contributed by atoms with Crippen LogP contribution in [0.1, 0.15) is 17.2 Å². The topological polar surface area (TPSA) is 56.7 Å². The first-order valence-electron chi connectivity index (χ1n) is 8.14. The van der Waals surface area contributed by atoms with Crippen molar-refractivity contribution in [2.45, 2.75) is 6.04 Å². The molecule has 3 rings (SSSR count). The van der Waals surface area contributed by atoms with Gasteiger partial charge >= 0.3 is 6.09 Å². The minimum atomic E-state index is -0.898. The average Bonchev–Trinajstić information content (AvgIpc) is 2.64. The fraction of sp³-hybridized carbons (Fsp3) is 0.263. The van der Waals surface area contributed by atoms with Gasteiger partial charge in [-0.05, 0) is 24.3 Å². The van der Waals surface area contributed by atoms with Crippen LogP contribution < -0.4 is 0 Å². The number of carbonyl (C=O) groups is 1. The van der Waals surface area contributed by atoms with Crippen molar-refractivity contribution in [3.63, 3.8) is 0 Å². The standard InChI is InChI=1S/C19H17Cl2N3O2/c20-15-4-1-3-14(13-15)6-7-17(16-5-2-8-22-18(16)21)23-9-11-24(12-10-23)19(25)26/h1-5,8,13,17H,9-12H2,(H,25,26). The monoisotopic (exact) mass is 389 g/mol. The highest BCUT2D eigenvalue weighted by molar-refractivity contribution is 6.30. The Hall–Kier alpha value is -2.26. The normalized spacial score (nSPS) is 15.8. The van der Waals surface area contributed by atoms with E-state index >= 15 is 0 Å². The molecule has 1 fully saturated rings. The van der Waals surface area contributed by atoms with E-state index in [4.69, 9.17) is 28.3 Å². The molecule has 0 saturated carbocycles. The summed E-state index contributed by atoms with van der Waals surface area (Å²) >= 11 is 12.3. The number of nitrogens with zero attached hydrogens (tertiary/aromatic N) is 3. The molecule has 0 radical (unpaired) electrons. The number of hydrogen-bond acceptors (Lipinski definition) is 3. The fourth-order valence-corrected chi connectivity index (χ4v) is 3.27. The van der Waals surface area contributed by atoms with E-state index in [1.807, 2.05) is 24.3 Å². The van der Waals surface area contributed by atoms with E-state index in [-0.39, 0.29) is 6.04 Å². The molecule has 1 aromatic heterocycles. The first-order valence-corrected chi connectivity index (χ1v) is 8.89. The van der Waals surface area contributed by atoms with E-state index in [2.05, 4.69) is 21.7 Å². The van der Waals surface area contributed by atoms with Crippen LogP contribution in [0.5, 0.6) is 0 Å². The van der Waals surface area contributed by atoms with Crippen LogP contribution in [-0.2, 0) is 0 Å². The molecule has 0 spiro atoms. The predicted molar refractivity (Wildman–Crippen MR) is 101 cm³/mol. The fourth-order valence-electron chi connectivity index (χ4n) is 2.86. The van der Waals surface area contributed by atoms with Gasteiger partial charge in [0.05, 0.1) is 0 Å². The molecule has 1 N–H and O–H groups in total. The lowest BCUT2D eigenvalue weighted by molar-refractivity contribution is 0.0962.